The number of aliphatic carboxylic acids is 1. The highest BCUT2D eigenvalue weighted by molar-refractivity contribution is 6.31. The normalized spacial score (nSPS) is 14.5. The highest BCUT2D eigenvalue weighted by Gasteiger charge is 2.23. The number of amides is 1. The first-order valence-corrected chi connectivity index (χ1v) is 6.82. The first kappa shape index (κ1) is 13.9. The van der Waals surface area contributed by atoms with Crippen LogP contribution in [0.5, 0.6) is 0 Å². The van der Waals surface area contributed by atoms with Crippen molar-refractivity contribution in [3.63, 3.8) is 0 Å². The summed E-state index contributed by atoms with van der Waals surface area (Å²) in [5, 5.41) is 14.7. The van der Waals surface area contributed by atoms with Gasteiger partial charge in [0.2, 0.25) is 0 Å². The Labute approximate surface area is 127 Å². The van der Waals surface area contributed by atoms with Gasteiger partial charge in [-0.3, -0.25) is 9.59 Å². The molecule has 22 heavy (non-hydrogen) atoms. The van der Waals surface area contributed by atoms with Gasteiger partial charge in [0.05, 0.1) is 12.0 Å². The Morgan fingerprint density at radius 3 is 2.82 bits per heavy atom. The van der Waals surface area contributed by atoms with E-state index in [4.69, 9.17) is 5.11 Å². The standard InChI is InChI=1S/C17H14N2O3/c20-16(21)9-11-4-3-5-12(8-11)18-10-14-13-6-1-2-7-15(13)19-17(14)22/h1-8,10,18H,9H2,(H,19,22)(H,20,21). The molecule has 0 aliphatic carbocycles. The first-order valence-electron chi connectivity index (χ1n) is 6.82. The van der Waals surface area contributed by atoms with Crippen molar-refractivity contribution in [3.8, 4) is 0 Å². The summed E-state index contributed by atoms with van der Waals surface area (Å²) in [6.45, 7) is 0. The molecule has 1 aliphatic heterocycles. The monoisotopic (exact) mass is 294 g/mol. The molecule has 110 valence electrons. The molecule has 0 aromatic heterocycles. The van der Waals surface area contributed by atoms with Gasteiger partial charge in [0.25, 0.3) is 5.91 Å². The average Bonchev–Trinajstić information content (AvgIpc) is 2.80. The molecule has 1 aliphatic rings. The number of hydrogen-bond acceptors (Lipinski definition) is 3. The largest absolute Gasteiger partial charge is 0.481 e. The third kappa shape index (κ3) is 2.83. The van der Waals surface area contributed by atoms with Gasteiger partial charge in [-0.1, -0.05) is 30.3 Å². The van der Waals surface area contributed by atoms with Crippen LogP contribution in [0.4, 0.5) is 11.4 Å². The molecule has 3 N–H and O–H groups in total. The smallest absolute Gasteiger partial charge is 0.307 e. The maximum atomic E-state index is 12.0. The van der Waals surface area contributed by atoms with E-state index >= 15 is 0 Å². The summed E-state index contributed by atoms with van der Waals surface area (Å²) in [6, 6.07) is 14.6. The number of carboxylic acid groups (broad SMARTS) is 1. The minimum Gasteiger partial charge on any atom is -0.481 e. The highest BCUT2D eigenvalue weighted by Crippen LogP contribution is 2.31. The predicted molar refractivity (Wildman–Crippen MR) is 84.5 cm³/mol. The first-order chi connectivity index (χ1) is 10.6. The zero-order valence-electron chi connectivity index (χ0n) is 11.7. The van der Waals surface area contributed by atoms with Crippen molar-refractivity contribution < 1.29 is 14.7 Å². The Morgan fingerprint density at radius 1 is 1.18 bits per heavy atom. The number of fused-ring (bicyclic) bond motifs is 1. The molecule has 1 amide bonds. The van der Waals surface area contributed by atoms with Crippen molar-refractivity contribution in [3.05, 3.63) is 65.9 Å². The van der Waals surface area contributed by atoms with E-state index in [0.29, 0.717) is 11.1 Å². The zero-order chi connectivity index (χ0) is 15.5. The summed E-state index contributed by atoms with van der Waals surface area (Å²) in [7, 11) is 0. The van der Waals surface area contributed by atoms with Crippen LogP contribution in [0.3, 0.4) is 0 Å². The number of nitrogens with one attached hydrogen (secondary N) is 2. The Hall–Kier alpha value is -3.08. The molecule has 0 atom stereocenters. The van der Waals surface area contributed by atoms with Crippen molar-refractivity contribution in [1.29, 1.82) is 0 Å². The molecule has 2 aromatic carbocycles. The molecule has 0 unspecified atom stereocenters. The van der Waals surface area contributed by atoms with Crippen molar-refractivity contribution in [2.75, 3.05) is 10.6 Å². The summed E-state index contributed by atoms with van der Waals surface area (Å²) >= 11 is 0. The second-order valence-corrected chi connectivity index (χ2v) is 4.97. The molecule has 0 saturated carbocycles. The van der Waals surface area contributed by atoms with E-state index < -0.39 is 5.97 Å². The lowest BCUT2D eigenvalue weighted by atomic mass is 10.1. The summed E-state index contributed by atoms with van der Waals surface area (Å²) in [4.78, 5) is 22.7. The van der Waals surface area contributed by atoms with Crippen molar-refractivity contribution in [2.24, 2.45) is 0 Å². The van der Waals surface area contributed by atoms with E-state index in [-0.39, 0.29) is 12.3 Å². The third-order valence-corrected chi connectivity index (χ3v) is 3.38. The fraction of sp³-hybridized carbons (Fsp3) is 0.0588. The fourth-order valence-electron chi connectivity index (χ4n) is 2.38. The van der Waals surface area contributed by atoms with E-state index in [1.54, 1.807) is 24.4 Å². The second-order valence-electron chi connectivity index (χ2n) is 4.97. The zero-order valence-corrected chi connectivity index (χ0v) is 11.7. The summed E-state index contributed by atoms with van der Waals surface area (Å²) in [5.74, 6) is -1.03. The van der Waals surface area contributed by atoms with E-state index in [0.717, 1.165) is 16.9 Å². The van der Waals surface area contributed by atoms with Crippen molar-refractivity contribution in [1.82, 2.24) is 0 Å². The summed E-state index contributed by atoms with van der Waals surface area (Å²) in [6.07, 6.45) is 1.61. The van der Waals surface area contributed by atoms with Gasteiger partial charge in [0.15, 0.2) is 0 Å². The molecule has 0 fully saturated rings. The average molecular weight is 294 g/mol. The number of hydrogen-bond donors (Lipinski definition) is 3. The summed E-state index contributed by atoms with van der Waals surface area (Å²) < 4.78 is 0. The van der Waals surface area contributed by atoms with Crippen LogP contribution in [-0.4, -0.2) is 17.0 Å². The predicted octanol–water partition coefficient (Wildman–Crippen LogP) is 2.72. The van der Waals surface area contributed by atoms with Crippen LogP contribution >= 0.6 is 0 Å². The van der Waals surface area contributed by atoms with Crippen LogP contribution in [0.2, 0.25) is 0 Å². The molecule has 5 heteroatoms. The molecule has 3 rings (SSSR count). The molecular weight excluding hydrogens is 280 g/mol. The summed E-state index contributed by atoms with van der Waals surface area (Å²) in [5.41, 5.74) is 3.64. The van der Waals surface area contributed by atoms with Gasteiger partial charge in [-0.25, -0.2) is 0 Å². The van der Waals surface area contributed by atoms with Gasteiger partial charge in [-0.15, -0.1) is 0 Å². The van der Waals surface area contributed by atoms with Crippen molar-refractivity contribution >= 4 is 28.8 Å². The van der Waals surface area contributed by atoms with Crippen LogP contribution in [0.25, 0.3) is 5.57 Å². The maximum Gasteiger partial charge on any atom is 0.307 e. The van der Waals surface area contributed by atoms with E-state index in [2.05, 4.69) is 10.6 Å². The molecule has 0 spiro atoms. The van der Waals surface area contributed by atoms with Gasteiger partial charge in [-0.2, -0.15) is 0 Å². The number of carbonyl (C=O) groups excluding carboxylic acids is 1. The number of para-hydroxylation sites is 1. The fourth-order valence-corrected chi connectivity index (χ4v) is 2.38. The van der Waals surface area contributed by atoms with E-state index in [1.807, 2.05) is 30.3 Å². The molecule has 2 aromatic rings. The third-order valence-electron chi connectivity index (χ3n) is 3.38. The Bertz CT molecular complexity index is 781. The minimum absolute atomic E-state index is 0.0323. The number of rotatable bonds is 4. The van der Waals surface area contributed by atoms with Crippen LogP contribution in [0, 0.1) is 0 Å². The van der Waals surface area contributed by atoms with E-state index in [1.165, 1.54) is 0 Å². The molecule has 0 bridgehead atoms. The number of benzene rings is 2. The van der Waals surface area contributed by atoms with Gasteiger partial charge >= 0.3 is 5.97 Å². The molecule has 5 nitrogen and oxygen atoms in total. The van der Waals surface area contributed by atoms with Crippen molar-refractivity contribution in [2.45, 2.75) is 6.42 Å². The SMILES string of the molecule is O=C(O)Cc1cccc(NC=C2C(=O)Nc3ccccc32)c1. The Balaban J connectivity index is 1.82. The van der Waals surface area contributed by atoms with Gasteiger partial charge in [-0.05, 0) is 23.8 Å². The van der Waals surface area contributed by atoms with Crippen LogP contribution < -0.4 is 10.6 Å². The Morgan fingerprint density at radius 2 is 2.00 bits per heavy atom. The van der Waals surface area contributed by atoms with Crippen LogP contribution in [0.1, 0.15) is 11.1 Å². The molecule has 0 saturated heterocycles. The minimum atomic E-state index is -0.875. The van der Waals surface area contributed by atoms with Gasteiger partial charge in [0.1, 0.15) is 0 Å². The lowest BCUT2D eigenvalue weighted by Gasteiger charge is -2.04. The van der Waals surface area contributed by atoms with Crippen LogP contribution in [-0.2, 0) is 16.0 Å². The molecular formula is C17H14N2O3. The van der Waals surface area contributed by atoms with Gasteiger partial charge in [0, 0.05) is 23.1 Å². The lowest BCUT2D eigenvalue weighted by Crippen LogP contribution is -2.05. The Kier molecular flexibility index (Phi) is 3.62. The molecule has 1 heterocycles. The van der Waals surface area contributed by atoms with Crippen LogP contribution in [0.15, 0.2) is 54.7 Å². The number of anilines is 2. The second kappa shape index (κ2) is 5.73. The maximum absolute atomic E-state index is 12.0. The lowest BCUT2D eigenvalue weighted by molar-refractivity contribution is -0.136. The number of carbonyl (C=O) groups is 2. The number of carboxylic acids is 1. The van der Waals surface area contributed by atoms with Gasteiger partial charge < -0.3 is 15.7 Å². The van der Waals surface area contributed by atoms with E-state index in [9.17, 15) is 9.59 Å². The topological polar surface area (TPSA) is 78.4 Å². The molecule has 0 radical (unpaired) electrons. The highest BCUT2D eigenvalue weighted by atomic mass is 16.4. The quantitative estimate of drug-likeness (QED) is 0.758.